The van der Waals surface area contributed by atoms with Crippen LogP contribution in [0.25, 0.3) is 0 Å². The number of carbonyl (C=O) groups is 2. The average Bonchev–Trinajstić information content (AvgIpc) is 2.66. The van der Waals surface area contributed by atoms with Crippen LogP contribution in [-0.4, -0.2) is 42.0 Å². The Morgan fingerprint density at radius 1 is 1.28 bits per heavy atom. The molecule has 0 spiro atoms. The molecule has 1 aliphatic heterocycles. The molecule has 25 heavy (non-hydrogen) atoms. The molecule has 0 aliphatic carbocycles. The zero-order valence-electron chi connectivity index (χ0n) is 13.9. The summed E-state index contributed by atoms with van der Waals surface area (Å²) in [5, 5.41) is 5.64. The summed E-state index contributed by atoms with van der Waals surface area (Å²) in [5.41, 5.74) is 1.47. The first-order chi connectivity index (χ1) is 12.2. The Kier molecular flexibility index (Phi) is 5.13. The van der Waals surface area contributed by atoms with E-state index in [1.54, 1.807) is 24.1 Å². The van der Waals surface area contributed by atoms with Gasteiger partial charge in [-0.3, -0.25) is 4.79 Å². The van der Waals surface area contributed by atoms with E-state index >= 15 is 0 Å². The van der Waals surface area contributed by atoms with Crippen molar-refractivity contribution in [3.63, 3.8) is 0 Å². The number of nitrogens with zero attached hydrogens (tertiary/aromatic N) is 2. The third-order valence-corrected chi connectivity index (χ3v) is 4.00. The Labute approximate surface area is 146 Å². The molecular formula is C18H20N4O3. The SMILES string of the molecule is COc1cccc(CNC(=O)N2CCNC(=O)C2c2ccccc2)n1. The van der Waals surface area contributed by atoms with Gasteiger partial charge in [-0.25, -0.2) is 9.78 Å². The standard InChI is InChI=1S/C18H20N4O3/c1-25-15-9-5-8-14(21-15)12-20-18(24)22-11-10-19-17(23)16(22)13-6-3-2-4-7-13/h2-9,16H,10-12H2,1H3,(H,19,23)(H,20,24). The second kappa shape index (κ2) is 7.65. The first-order valence-corrected chi connectivity index (χ1v) is 8.06. The zero-order valence-corrected chi connectivity index (χ0v) is 13.9. The van der Waals surface area contributed by atoms with Crippen LogP contribution in [0.1, 0.15) is 17.3 Å². The molecule has 1 aliphatic rings. The van der Waals surface area contributed by atoms with E-state index in [4.69, 9.17) is 4.74 Å². The van der Waals surface area contributed by atoms with Gasteiger partial charge in [0.05, 0.1) is 19.3 Å². The molecule has 1 unspecified atom stereocenters. The zero-order chi connectivity index (χ0) is 17.6. The van der Waals surface area contributed by atoms with Crippen molar-refractivity contribution in [3.8, 4) is 5.88 Å². The lowest BCUT2D eigenvalue weighted by atomic mass is 10.0. The lowest BCUT2D eigenvalue weighted by Crippen LogP contribution is -2.54. The summed E-state index contributed by atoms with van der Waals surface area (Å²) in [6.07, 6.45) is 0. The van der Waals surface area contributed by atoms with Crippen LogP contribution in [0.15, 0.2) is 48.5 Å². The molecule has 0 bridgehead atoms. The molecule has 7 nitrogen and oxygen atoms in total. The van der Waals surface area contributed by atoms with E-state index in [9.17, 15) is 9.59 Å². The van der Waals surface area contributed by atoms with Gasteiger partial charge in [0.1, 0.15) is 6.04 Å². The maximum atomic E-state index is 12.6. The number of hydrogen-bond donors (Lipinski definition) is 2. The van der Waals surface area contributed by atoms with Gasteiger partial charge in [-0.2, -0.15) is 0 Å². The molecule has 1 fully saturated rings. The molecule has 7 heteroatoms. The lowest BCUT2D eigenvalue weighted by molar-refractivity contribution is -0.127. The van der Waals surface area contributed by atoms with Crippen molar-refractivity contribution < 1.29 is 14.3 Å². The number of pyridine rings is 1. The lowest BCUT2D eigenvalue weighted by Gasteiger charge is -2.35. The van der Waals surface area contributed by atoms with Gasteiger partial charge in [-0.05, 0) is 11.6 Å². The number of methoxy groups -OCH3 is 1. The second-order valence-corrected chi connectivity index (χ2v) is 5.63. The van der Waals surface area contributed by atoms with E-state index in [0.29, 0.717) is 24.7 Å². The van der Waals surface area contributed by atoms with Crippen LogP contribution < -0.4 is 15.4 Å². The van der Waals surface area contributed by atoms with E-state index in [-0.39, 0.29) is 18.5 Å². The van der Waals surface area contributed by atoms with E-state index < -0.39 is 6.04 Å². The minimum atomic E-state index is -0.631. The van der Waals surface area contributed by atoms with Crippen LogP contribution in [0, 0.1) is 0 Å². The molecule has 2 N–H and O–H groups in total. The van der Waals surface area contributed by atoms with E-state index in [2.05, 4.69) is 15.6 Å². The number of ether oxygens (including phenoxy) is 1. The predicted octanol–water partition coefficient (Wildman–Crippen LogP) is 1.47. The van der Waals surface area contributed by atoms with Crippen molar-refractivity contribution in [1.82, 2.24) is 20.5 Å². The minimum Gasteiger partial charge on any atom is -0.481 e. The largest absolute Gasteiger partial charge is 0.481 e. The summed E-state index contributed by atoms with van der Waals surface area (Å²) in [4.78, 5) is 30.8. The summed E-state index contributed by atoms with van der Waals surface area (Å²) < 4.78 is 5.08. The Balaban J connectivity index is 1.71. The molecule has 3 amide bonds. The fraction of sp³-hybridized carbons (Fsp3) is 0.278. The van der Waals surface area contributed by atoms with Gasteiger partial charge in [0.2, 0.25) is 11.8 Å². The Hall–Kier alpha value is -3.09. The van der Waals surface area contributed by atoms with Crippen molar-refractivity contribution in [1.29, 1.82) is 0 Å². The highest BCUT2D eigenvalue weighted by atomic mass is 16.5. The maximum absolute atomic E-state index is 12.6. The van der Waals surface area contributed by atoms with Gasteiger partial charge in [0.25, 0.3) is 0 Å². The monoisotopic (exact) mass is 340 g/mol. The topological polar surface area (TPSA) is 83.6 Å². The molecule has 0 saturated carbocycles. The van der Waals surface area contributed by atoms with Crippen molar-refractivity contribution in [2.24, 2.45) is 0 Å². The summed E-state index contributed by atoms with van der Waals surface area (Å²) in [5.74, 6) is 0.318. The molecule has 1 aromatic heterocycles. The van der Waals surface area contributed by atoms with Crippen LogP contribution in [0.2, 0.25) is 0 Å². The summed E-state index contributed by atoms with van der Waals surface area (Å²) >= 11 is 0. The predicted molar refractivity (Wildman–Crippen MR) is 91.9 cm³/mol. The van der Waals surface area contributed by atoms with Crippen LogP contribution >= 0.6 is 0 Å². The molecular weight excluding hydrogens is 320 g/mol. The number of aromatic nitrogens is 1. The molecule has 130 valence electrons. The van der Waals surface area contributed by atoms with Gasteiger partial charge >= 0.3 is 6.03 Å². The highest BCUT2D eigenvalue weighted by Gasteiger charge is 2.34. The molecule has 2 heterocycles. The van der Waals surface area contributed by atoms with Gasteiger partial charge in [0, 0.05) is 19.2 Å². The van der Waals surface area contributed by atoms with Crippen molar-refractivity contribution >= 4 is 11.9 Å². The number of carbonyl (C=O) groups excluding carboxylic acids is 2. The van der Waals surface area contributed by atoms with Crippen LogP contribution in [0.5, 0.6) is 5.88 Å². The fourth-order valence-corrected chi connectivity index (χ4v) is 2.79. The van der Waals surface area contributed by atoms with Crippen molar-refractivity contribution in [2.45, 2.75) is 12.6 Å². The molecule has 0 radical (unpaired) electrons. The molecule has 1 saturated heterocycles. The normalized spacial score (nSPS) is 16.9. The molecule has 1 aromatic carbocycles. The summed E-state index contributed by atoms with van der Waals surface area (Å²) in [7, 11) is 1.54. The van der Waals surface area contributed by atoms with E-state index in [0.717, 1.165) is 5.56 Å². The van der Waals surface area contributed by atoms with Crippen LogP contribution in [0.3, 0.4) is 0 Å². The average molecular weight is 340 g/mol. The third-order valence-electron chi connectivity index (χ3n) is 4.00. The van der Waals surface area contributed by atoms with Gasteiger partial charge < -0.3 is 20.3 Å². The first-order valence-electron chi connectivity index (χ1n) is 8.06. The van der Waals surface area contributed by atoms with Gasteiger partial charge in [-0.1, -0.05) is 36.4 Å². The van der Waals surface area contributed by atoms with E-state index in [1.807, 2.05) is 36.4 Å². The number of piperazine rings is 1. The molecule has 3 rings (SSSR count). The van der Waals surface area contributed by atoms with Crippen LogP contribution in [0.4, 0.5) is 4.79 Å². The number of urea groups is 1. The number of benzene rings is 1. The quantitative estimate of drug-likeness (QED) is 0.883. The highest BCUT2D eigenvalue weighted by molar-refractivity contribution is 5.89. The number of rotatable bonds is 4. The Bertz CT molecular complexity index is 751. The van der Waals surface area contributed by atoms with Gasteiger partial charge in [-0.15, -0.1) is 0 Å². The Morgan fingerprint density at radius 3 is 2.84 bits per heavy atom. The number of hydrogen-bond acceptors (Lipinski definition) is 4. The van der Waals surface area contributed by atoms with Crippen LogP contribution in [-0.2, 0) is 11.3 Å². The molecule has 1 atom stereocenters. The third kappa shape index (κ3) is 3.88. The minimum absolute atomic E-state index is 0.174. The Morgan fingerprint density at radius 2 is 2.08 bits per heavy atom. The number of amides is 3. The maximum Gasteiger partial charge on any atom is 0.318 e. The second-order valence-electron chi connectivity index (χ2n) is 5.63. The summed E-state index contributed by atoms with van der Waals surface area (Å²) in [6, 6.07) is 13.7. The van der Waals surface area contributed by atoms with Crippen molar-refractivity contribution in [2.75, 3.05) is 20.2 Å². The fourth-order valence-electron chi connectivity index (χ4n) is 2.79. The van der Waals surface area contributed by atoms with Gasteiger partial charge in [0.15, 0.2) is 0 Å². The number of nitrogens with one attached hydrogen (secondary N) is 2. The van der Waals surface area contributed by atoms with E-state index in [1.165, 1.54) is 0 Å². The highest BCUT2D eigenvalue weighted by Crippen LogP contribution is 2.23. The smallest absolute Gasteiger partial charge is 0.318 e. The summed E-state index contributed by atoms with van der Waals surface area (Å²) in [6.45, 7) is 1.14. The molecule has 2 aromatic rings. The van der Waals surface area contributed by atoms with Crippen molar-refractivity contribution in [3.05, 3.63) is 59.8 Å². The first kappa shape index (κ1) is 16.8.